The van der Waals surface area contributed by atoms with Crippen molar-refractivity contribution in [3.05, 3.63) is 65.9 Å². The summed E-state index contributed by atoms with van der Waals surface area (Å²) < 4.78 is 14.5. The fourth-order valence-corrected chi connectivity index (χ4v) is 1.89. The van der Waals surface area contributed by atoms with E-state index >= 15 is 0 Å². The van der Waals surface area contributed by atoms with Gasteiger partial charge in [-0.1, -0.05) is 12.1 Å². The number of rotatable bonds is 4. The van der Waals surface area contributed by atoms with Crippen molar-refractivity contribution in [1.29, 1.82) is 0 Å². The van der Waals surface area contributed by atoms with Crippen LogP contribution in [0.5, 0.6) is 0 Å². The van der Waals surface area contributed by atoms with Crippen molar-refractivity contribution < 1.29 is 4.39 Å². The fraction of sp³-hybridized carbons (Fsp3) is 0.133. The van der Waals surface area contributed by atoms with Gasteiger partial charge < -0.3 is 5.32 Å². The molecule has 0 unspecified atom stereocenters. The van der Waals surface area contributed by atoms with E-state index in [0.29, 0.717) is 18.3 Å². The maximum atomic E-state index is 12.8. The molecule has 6 heteroatoms. The van der Waals surface area contributed by atoms with Crippen LogP contribution < -0.4 is 5.32 Å². The molecule has 0 aliphatic heterocycles. The molecule has 2 aromatic heterocycles. The Bertz CT molecular complexity index is 736. The van der Waals surface area contributed by atoms with Crippen LogP contribution in [0.2, 0.25) is 0 Å². The number of hydrogen-bond donors (Lipinski definition) is 1. The molecular formula is C15H14FN5. The molecule has 0 saturated carbocycles. The monoisotopic (exact) mass is 283 g/mol. The van der Waals surface area contributed by atoms with Gasteiger partial charge in [0.2, 0.25) is 5.95 Å². The van der Waals surface area contributed by atoms with Crippen LogP contribution in [0.4, 0.5) is 10.3 Å². The summed E-state index contributed by atoms with van der Waals surface area (Å²) in [5, 5.41) is 7.42. The predicted octanol–water partition coefficient (Wildman–Crippen LogP) is 2.72. The summed E-state index contributed by atoms with van der Waals surface area (Å²) in [5.41, 5.74) is 1.88. The van der Waals surface area contributed by atoms with E-state index in [0.717, 1.165) is 11.3 Å². The summed E-state index contributed by atoms with van der Waals surface area (Å²) in [6.07, 6.45) is 3.52. The molecule has 0 aliphatic rings. The van der Waals surface area contributed by atoms with Gasteiger partial charge in [0.15, 0.2) is 5.82 Å². The molecule has 3 aromatic rings. The quantitative estimate of drug-likeness (QED) is 0.800. The van der Waals surface area contributed by atoms with Gasteiger partial charge in [-0.25, -0.2) is 14.1 Å². The van der Waals surface area contributed by atoms with E-state index in [-0.39, 0.29) is 5.82 Å². The molecule has 0 atom stereocenters. The molecule has 1 N–H and O–H groups in total. The Labute approximate surface area is 121 Å². The molecule has 106 valence electrons. The predicted molar refractivity (Wildman–Crippen MR) is 77.6 cm³/mol. The lowest BCUT2D eigenvalue weighted by molar-refractivity contribution is 0.627. The van der Waals surface area contributed by atoms with Gasteiger partial charge in [-0.15, -0.1) is 0 Å². The number of nitrogens with zero attached hydrogens (tertiary/aromatic N) is 4. The standard InChI is InChI=1S/C15H14FN5/c1-11-7-9-21(20-11)14-6-8-17-15(19-14)18-10-12-2-4-13(16)5-3-12/h2-9H,10H2,1H3,(H,17,18,19). The molecule has 1 aromatic carbocycles. The van der Waals surface area contributed by atoms with Gasteiger partial charge in [-0.05, 0) is 30.7 Å². The lowest BCUT2D eigenvalue weighted by Crippen LogP contribution is -2.06. The molecule has 0 aliphatic carbocycles. The van der Waals surface area contributed by atoms with E-state index in [1.165, 1.54) is 12.1 Å². The Morgan fingerprint density at radius 2 is 1.95 bits per heavy atom. The number of nitrogens with one attached hydrogen (secondary N) is 1. The second-order valence-electron chi connectivity index (χ2n) is 4.62. The zero-order valence-corrected chi connectivity index (χ0v) is 11.5. The van der Waals surface area contributed by atoms with Crippen LogP contribution >= 0.6 is 0 Å². The normalized spacial score (nSPS) is 10.6. The van der Waals surface area contributed by atoms with Gasteiger partial charge in [0.1, 0.15) is 5.82 Å². The molecular weight excluding hydrogens is 269 g/mol. The van der Waals surface area contributed by atoms with Crippen molar-refractivity contribution in [3.8, 4) is 5.82 Å². The van der Waals surface area contributed by atoms with Crippen LogP contribution in [-0.4, -0.2) is 19.7 Å². The van der Waals surface area contributed by atoms with Gasteiger partial charge in [-0.3, -0.25) is 0 Å². The average molecular weight is 283 g/mol. The van der Waals surface area contributed by atoms with Gasteiger partial charge in [0.05, 0.1) is 5.69 Å². The van der Waals surface area contributed by atoms with Crippen LogP contribution in [0, 0.1) is 12.7 Å². The highest BCUT2D eigenvalue weighted by Crippen LogP contribution is 2.09. The third kappa shape index (κ3) is 3.22. The zero-order valence-electron chi connectivity index (χ0n) is 11.5. The summed E-state index contributed by atoms with van der Waals surface area (Å²) in [6, 6.07) is 10.0. The Morgan fingerprint density at radius 3 is 2.67 bits per heavy atom. The van der Waals surface area contributed by atoms with Crippen molar-refractivity contribution in [3.63, 3.8) is 0 Å². The van der Waals surface area contributed by atoms with Gasteiger partial charge in [0, 0.05) is 25.0 Å². The van der Waals surface area contributed by atoms with E-state index in [1.807, 2.05) is 19.2 Å². The number of hydrogen-bond acceptors (Lipinski definition) is 4. The molecule has 0 spiro atoms. The van der Waals surface area contributed by atoms with E-state index < -0.39 is 0 Å². The number of benzene rings is 1. The molecule has 5 nitrogen and oxygen atoms in total. The van der Waals surface area contributed by atoms with Crippen molar-refractivity contribution in [2.45, 2.75) is 13.5 Å². The smallest absolute Gasteiger partial charge is 0.224 e. The van der Waals surface area contributed by atoms with Crippen molar-refractivity contribution in [2.24, 2.45) is 0 Å². The summed E-state index contributed by atoms with van der Waals surface area (Å²) in [7, 11) is 0. The van der Waals surface area contributed by atoms with Crippen molar-refractivity contribution in [1.82, 2.24) is 19.7 Å². The molecule has 3 rings (SSSR count). The lowest BCUT2D eigenvalue weighted by atomic mass is 10.2. The molecule has 0 amide bonds. The first-order chi connectivity index (χ1) is 10.2. The second kappa shape index (κ2) is 5.70. The molecule has 0 saturated heterocycles. The zero-order chi connectivity index (χ0) is 14.7. The highest BCUT2D eigenvalue weighted by Gasteiger charge is 2.03. The first kappa shape index (κ1) is 13.2. The lowest BCUT2D eigenvalue weighted by Gasteiger charge is -2.06. The average Bonchev–Trinajstić information content (AvgIpc) is 2.94. The first-order valence-corrected chi connectivity index (χ1v) is 6.55. The summed E-state index contributed by atoms with van der Waals surface area (Å²) in [4.78, 5) is 8.56. The summed E-state index contributed by atoms with van der Waals surface area (Å²) in [5.74, 6) is 0.954. The molecule has 2 heterocycles. The third-order valence-electron chi connectivity index (χ3n) is 2.96. The van der Waals surface area contributed by atoms with E-state index in [4.69, 9.17) is 0 Å². The topological polar surface area (TPSA) is 55.6 Å². The maximum absolute atomic E-state index is 12.8. The molecule has 21 heavy (non-hydrogen) atoms. The Kier molecular flexibility index (Phi) is 3.59. The highest BCUT2D eigenvalue weighted by molar-refractivity contribution is 5.33. The van der Waals surface area contributed by atoms with Crippen LogP contribution in [0.1, 0.15) is 11.3 Å². The van der Waals surface area contributed by atoms with Crippen LogP contribution in [0.15, 0.2) is 48.8 Å². The number of aryl methyl sites for hydroxylation is 1. The van der Waals surface area contributed by atoms with Gasteiger partial charge >= 0.3 is 0 Å². The minimum Gasteiger partial charge on any atom is -0.350 e. The molecule has 0 fully saturated rings. The van der Waals surface area contributed by atoms with E-state index in [2.05, 4.69) is 20.4 Å². The number of aromatic nitrogens is 4. The van der Waals surface area contributed by atoms with E-state index in [1.54, 1.807) is 29.1 Å². The summed E-state index contributed by atoms with van der Waals surface area (Å²) >= 11 is 0. The maximum Gasteiger partial charge on any atom is 0.224 e. The van der Waals surface area contributed by atoms with Crippen molar-refractivity contribution >= 4 is 5.95 Å². The first-order valence-electron chi connectivity index (χ1n) is 6.55. The Morgan fingerprint density at radius 1 is 1.14 bits per heavy atom. The second-order valence-corrected chi connectivity index (χ2v) is 4.62. The number of anilines is 1. The largest absolute Gasteiger partial charge is 0.350 e. The van der Waals surface area contributed by atoms with E-state index in [9.17, 15) is 4.39 Å². The minimum atomic E-state index is -0.244. The van der Waals surface area contributed by atoms with Crippen LogP contribution in [0.3, 0.4) is 0 Å². The van der Waals surface area contributed by atoms with Gasteiger partial charge in [0.25, 0.3) is 0 Å². The number of halogens is 1. The SMILES string of the molecule is Cc1ccn(-c2ccnc(NCc3ccc(F)cc3)n2)n1. The Hall–Kier alpha value is -2.76. The van der Waals surface area contributed by atoms with Gasteiger partial charge in [-0.2, -0.15) is 10.1 Å². The highest BCUT2D eigenvalue weighted by atomic mass is 19.1. The minimum absolute atomic E-state index is 0.244. The van der Waals surface area contributed by atoms with Crippen LogP contribution in [-0.2, 0) is 6.54 Å². The molecule has 0 bridgehead atoms. The fourth-order valence-electron chi connectivity index (χ4n) is 1.89. The summed E-state index contributed by atoms with van der Waals surface area (Å²) in [6.45, 7) is 2.45. The molecule has 0 radical (unpaired) electrons. The Balaban J connectivity index is 1.73. The van der Waals surface area contributed by atoms with Crippen LogP contribution in [0.25, 0.3) is 5.82 Å². The third-order valence-corrected chi connectivity index (χ3v) is 2.96. The van der Waals surface area contributed by atoms with Crippen molar-refractivity contribution in [2.75, 3.05) is 5.32 Å².